The molecule has 2 aliphatic rings. The lowest BCUT2D eigenvalue weighted by Crippen LogP contribution is -2.49. The van der Waals surface area contributed by atoms with Gasteiger partial charge in [-0.25, -0.2) is 0 Å². The van der Waals surface area contributed by atoms with Gasteiger partial charge in [-0.2, -0.15) is 0 Å². The molecule has 2 heterocycles. The number of piperidine rings is 1. The molecule has 1 saturated heterocycles. The maximum Gasteiger partial charge on any atom is 0.222 e. The Kier molecular flexibility index (Phi) is 6.89. The number of fused-ring (bicyclic) bond motifs is 1. The third kappa shape index (κ3) is 5.43. The number of aryl methyl sites for hydroxylation is 1. The third-order valence-corrected chi connectivity index (χ3v) is 7.09. The maximum absolute atomic E-state index is 12.7. The summed E-state index contributed by atoms with van der Waals surface area (Å²) in [4.78, 5) is 14.7. The van der Waals surface area contributed by atoms with E-state index in [1.165, 1.54) is 16.7 Å². The number of hydrogen-bond donors (Lipinski definition) is 0. The van der Waals surface area contributed by atoms with E-state index in [0.717, 1.165) is 55.8 Å². The predicted octanol–water partition coefficient (Wildman–Crippen LogP) is 6.54. The normalized spacial score (nSPS) is 16.0. The molecule has 0 saturated carbocycles. The third-order valence-electron chi connectivity index (χ3n) is 7.09. The molecule has 0 bridgehead atoms. The van der Waals surface area contributed by atoms with Crippen molar-refractivity contribution in [2.75, 3.05) is 19.7 Å². The first kappa shape index (κ1) is 23.2. The Balaban J connectivity index is 1.10. The van der Waals surface area contributed by atoms with Crippen LogP contribution in [0.3, 0.4) is 0 Å². The van der Waals surface area contributed by atoms with E-state index in [4.69, 9.17) is 9.47 Å². The molecule has 0 N–H and O–H groups in total. The van der Waals surface area contributed by atoms with Crippen LogP contribution < -0.4 is 9.47 Å². The smallest absolute Gasteiger partial charge is 0.222 e. The highest BCUT2D eigenvalue weighted by molar-refractivity contribution is 5.76. The zero-order chi connectivity index (χ0) is 24.1. The van der Waals surface area contributed by atoms with Gasteiger partial charge in [-0.05, 0) is 59.9 Å². The van der Waals surface area contributed by atoms with Crippen LogP contribution in [0.5, 0.6) is 11.5 Å². The van der Waals surface area contributed by atoms with E-state index in [0.29, 0.717) is 13.0 Å². The molecule has 1 fully saturated rings. The topological polar surface area (TPSA) is 38.8 Å². The van der Waals surface area contributed by atoms with Crippen LogP contribution in [0.2, 0.25) is 0 Å². The Morgan fingerprint density at radius 1 is 0.971 bits per heavy atom. The second-order valence-electron chi connectivity index (χ2n) is 9.45. The molecule has 5 rings (SSSR count). The van der Waals surface area contributed by atoms with Gasteiger partial charge in [-0.3, -0.25) is 4.79 Å². The maximum atomic E-state index is 12.7. The second-order valence-corrected chi connectivity index (χ2v) is 9.45. The minimum absolute atomic E-state index is 0.206. The average molecular weight is 468 g/mol. The lowest BCUT2D eigenvalue weighted by Gasteiger charge is -2.42. The summed E-state index contributed by atoms with van der Waals surface area (Å²) in [7, 11) is 0. The van der Waals surface area contributed by atoms with Crippen LogP contribution >= 0.6 is 0 Å². The van der Waals surface area contributed by atoms with E-state index >= 15 is 0 Å². The van der Waals surface area contributed by atoms with Gasteiger partial charge < -0.3 is 14.4 Å². The molecular weight excluding hydrogens is 434 g/mol. The highest BCUT2D eigenvalue weighted by atomic mass is 16.5. The van der Waals surface area contributed by atoms with Gasteiger partial charge in [0.2, 0.25) is 5.91 Å². The number of carbonyl (C=O) groups excluding carboxylic acids is 1. The van der Waals surface area contributed by atoms with Gasteiger partial charge in [0.1, 0.15) is 17.1 Å². The van der Waals surface area contributed by atoms with Crippen molar-refractivity contribution in [3.63, 3.8) is 0 Å². The van der Waals surface area contributed by atoms with Gasteiger partial charge in [0.05, 0.1) is 6.61 Å². The Morgan fingerprint density at radius 2 is 1.74 bits per heavy atom. The molecular formula is C31H33NO3. The predicted molar refractivity (Wildman–Crippen MR) is 141 cm³/mol. The molecule has 0 radical (unpaired) electrons. The van der Waals surface area contributed by atoms with Gasteiger partial charge in [-0.1, -0.05) is 61.5 Å². The monoisotopic (exact) mass is 467 g/mol. The summed E-state index contributed by atoms with van der Waals surface area (Å²) in [6, 6.07) is 25.0. The number of amides is 1. The van der Waals surface area contributed by atoms with Gasteiger partial charge in [0, 0.05) is 37.9 Å². The molecule has 180 valence electrons. The van der Waals surface area contributed by atoms with Crippen molar-refractivity contribution in [1.29, 1.82) is 0 Å². The fourth-order valence-electron chi connectivity index (χ4n) is 4.87. The number of likely N-dealkylation sites (tertiary alicyclic amines) is 1. The van der Waals surface area contributed by atoms with Crippen molar-refractivity contribution in [1.82, 2.24) is 4.90 Å². The lowest BCUT2D eigenvalue weighted by atomic mass is 9.87. The fraction of sp³-hybridized carbons (Fsp3) is 0.323. The van der Waals surface area contributed by atoms with Crippen molar-refractivity contribution in [3.8, 4) is 22.6 Å². The quantitative estimate of drug-likeness (QED) is 0.370. The number of nitrogens with zero attached hydrogens (tertiary/aromatic N) is 1. The van der Waals surface area contributed by atoms with Gasteiger partial charge in [0.15, 0.2) is 0 Å². The highest BCUT2D eigenvalue weighted by Gasteiger charge is 2.37. The van der Waals surface area contributed by atoms with Crippen molar-refractivity contribution in [2.45, 2.75) is 44.6 Å². The molecule has 0 unspecified atom stereocenters. The van der Waals surface area contributed by atoms with E-state index in [9.17, 15) is 4.79 Å². The number of benzene rings is 3. The molecule has 2 aliphatic heterocycles. The van der Waals surface area contributed by atoms with E-state index in [1.807, 2.05) is 23.1 Å². The number of rotatable bonds is 7. The van der Waals surface area contributed by atoms with Gasteiger partial charge >= 0.3 is 0 Å². The van der Waals surface area contributed by atoms with Crippen LogP contribution in [0.15, 0.2) is 78.9 Å². The molecule has 0 aliphatic carbocycles. The van der Waals surface area contributed by atoms with Crippen LogP contribution in [0, 0.1) is 0 Å². The first-order chi connectivity index (χ1) is 17.1. The van der Waals surface area contributed by atoms with Crippen molar-refractivity contribution >= 4 is 12.0 Å². The van der Waals surface area contributed by atoms with E-state index < -0.39 is 0 Å². The minimum Gasteiger partial charge on any atom is -0.494 e. The molecule has 0 aromatic heterocycles. The summed E-state index contributed by atoms with van der Waals surface area (Å²) in [5.41, 5.74) is 4.49. The standard InChI is InChI=1S/C31H33NO3/c1-2-24-10-13-28(14-11-24)34-22-6-9-30(33)32-20-18-31(19-21-32)17-16-27-23-26(12-15-29(27)35-31)25-7-4-3-5-8-25/h3-5,7-8,10-17,23H,2,6,9,18-22H2,1H3. The van der Waals surface area contributed by atoms with Crippen LogP contribution in [-0.2, 0) is 11.2 Å². The van der Waals surface area contributed by atoms with E-state index in [-0.39, 0.29) is 11.5 Å². The van der Waals surface area contributed by atoms with Crippen molar-refractivity contribution < 1.29 is 14.3 Å². The van der Waals surface area contributed by atoms with Crippen molar-refractivity contribution in [3.05, 3.63) is 90.0 Å². The molecule has 1 spiro atoms. The Morgan fingerprint density at radius 3 is 2.49 bits per heavy atom. The molecule has 4 heteroatoms. The zero-order valence-electron chi connectivity index (χ0n) is 20.4. The number of ether oxygens (including phenoxy) is 2. The first-order valence-corrected chi connectivity index (χ1v) is 12.7. The Labute approximate surface area is 208 Å². The second kappa shape index (κ2) is 10.4. The Hall–Kier alpha value is -3.53. The first-order valence-electron chi connectivity index (χ1n) is 12.7. The summed E-state index contributed by atoms with van der Waals surface area (Å²) in [6.07, 6.45) is 8.28. The van der Waals surface area contributed by atoms with Crippen LogP contribution in [0.4, 0.5) is 0 Å². The van der Waals surface area contributed by atoms with E-state index in [1.54, 1.807) is 0 Å². The average Bonchev–Trinajstić information content (AvgIpc) is 2.92. The molecule has 3 aromatic rings. The largest absolute Gasteiger partial charge is 0.494 e. The fourth-order valence-corrected chi connectivity index (χ4v) is 4.87. The zero-order valence-corrected chi connectivity index (χ0v) is 20.4. The minimum atomic E-state index is -0.314. The van der Waals surface area contributed by atoms with Crippen LogP contribution in [0.25, 0.3) is 17.2 Å². The number of carbonyl (C=O) groups is 1. The van der Waals surface area contributed by atoms with Gasteiger partial charge in [0.25, 0.3) is 0 Å². The summed E-state index contributed by atoms with van der Waals surface area (Å²) in [6.45, 7) is 4.14. The highest BCUT2D eigenvalue weighted by Crippen LogP contribution is 2.38. The molecule has 35 heavy (non-hydrogen) atoms. The lowest BCUT2D eigenvalue weighted by molar-refractivity contribution is -0.134. The van der Waals surface area contributed by atoms with E-state index in [2.05, 4.69) is 73.7 Å². The van der Waals surface area contributed by atoms with Crippen molar-refractivity contribution in [2.24, 2.45) is 0 Å². The molecule has 1 amide bonds. The summed E-state index contributed by atoms with van der Waals surface area (Å²) in [5, 5.41) is 0. The summed E-state index contributed by atoms with van der Waals surface area (Å²) in [5.74, 6) is 2.00. The summed E-state index contributed by atoms with van der Waals surface area (Å²) < 4.78 is 12.3. The van der Waals surface area contributed by atoms with Crippen LogP contribution in [-0.4, -0.2) is 36.1 Å². The summed E-state index contributed by atoms with van der Waals surface area (Å²) >= 11 is 0. The molecule has 4 nitrogen and oxygen atoms in total. The molecule has 0 atom stereocenters. The molecule has 3 aromatic carbocycles. The van der Waals surface area contributed by atoms with Gasteiger partial charge in [-0.15, -0.1) is 0 Å². The Bertz CT molecular complexity index is 1180. The van der Waals surface area contributed by atoms with Crippen LogP contribution in [0.1, 0.15) is 43.7 Å². The number of hydrogen-bond acceptors (Lipinski definition) is 3. The SMILES string of the molecule is CCc1ccc(OCCCC(=O)N2CCC3(C=Cc4cc(-c5ccccc5)ccc4O3)CC2)cc1.